The van der Waals surface area contributed by atoms with Crippen molar-refractivity contribution in [2.24, 2.45) is 5.92 Å². The molecule has 0 aliphatic heterocycles. The smallest absolute Gasteiger partial charge is 0.170 e. The zero-order valence-corrected chi connectivity index (χ0v) is 26.3. The van der Waals surface area contributed by atoms with Gasteiger partial charge in [0.25, 0.3) is 0 Å². The molecule has 0 radical (unpaired) electrons. The van der Waals surface area contributed by atoms with Gasteiger partial charge in [0.1, 0.15) is 5.41 Å². The summed E-state index contributed by atoms with van der Waals surface area (Å²) in [6, 6.07) is 10.3. The molecule has 0 aromatic heterocycles. The van der Waals surface area contributed by atoms with Crippen molar-refractivity contribution in [3.63, 3.8) is 0 Å². The van der Waals surface area contributed by atoms with Crippen LogP contribution in [-0.4, -0.2) is 12.4 Å². The Morgan fingerprint density at radius 2 is 1.25 bits per heavy atom. The monoisotopic (exact) mass is 692 g/mol. The summed E-state index contributed by atoms with van der Waals surface area (Å²) < 4.78 is 183. The summed E-state index contributed by atoms with van der Waals surface area (Å²) in [6.45, 7) is 5.12. The lowest BCUT2D eigenvalue weighted by atomic mass is 9.53. The molecule has 48 heavy (non-hydrogen) atoms. The summed E-state index contributed by atoms with van der Waals surface area (Å²) in [5.41, 5.74) is -14.8. The Labute approximate surface area is 270 Å². The Balaban J connectivity index is 2.53. The molecule has 0 saturated carbocycles. The van der Waals surface area contributed by atoms with Gasteiger partial charge >= 0.3 is 24.7 Å². The third kappa shape index (κ3) is 6.27. The molecule has 0 heterocycles. The fraction of sp³-hybridized carbons (Fsp3) is 0.389. The maximum atomic E-state index is 16.4. The molecule has 3 aromatic carbocycles. The minimum absolute atomic E-state index is 0.167. The second-order valence-electron chi connectivity index (χ2n) is 11.6. The Morgan fingerprint density at radius 3 is 1.71 bits per heavy atom. The number of hydrogen-bond acceptors (Lipinski definition) is 0. The van der Waals surface area contributed by atoms with Crippen molar-refractivity contribution < 1.29 is 52.7 Å². The van der Waals surface area contributed by atoms with Crippen LogP contribution in [0.3, 0.4) is 0 Å². The van der Waals surface area contributed by atoms with Gasteiger partial charge in [-0.3, -0.25) is 0 Å². The van der Waals surface area contributed by atoms with Crippen molar-refractivity contribution in [3.8, 4) is 0 Å². The predicted molar refractivity (Wildman–Crippen MR) is 160 cm³/mol. The average molecular weight is 693 g/mol. The van der Waals surface area contributed by atoms with Crippen LogP contribution in [0.4, 0.5) is 52.7 Å². The van der Waals surface area contributed by atoms with Gasteiger partial charge in [-0.1, -0.05) is 81.8 Å². The van der Waals surface area contributed by atoms with Gasteiger partial charge in [-0.05, 0) is 82.8 Å². The van der Waals surface area contributed by atoms with Gasteiger partial charge < -0.3 is 0 Å². The van der Waals surface area contributed by atoms with Gasteiger partial charge in [0.15, 0.2) is 0 Å². The summed E-state index contributed by atoms with van der Waals surface area (Å²) in [4.78, 5) is 0. The van der Waals surface area contributed by atoms with E-state index in [0.29, 0.717) is 12.1 Å². The van der Waals surface area contributed by atoms with Crippen molar-refractivity contribution in [1.82, 2.24) is 0 Å². The largest absolute Gasteiger partial charge is 0.417 e. The molecule has 0 bridgehead atoms. The van der Waals surface area contributed by atoms with E-state index in [1.807, 2.05) is 0 Å². The highest BCUT2D eigenvalue weighted by Crippen LogP contribution is 2.66. The summed E-state index contributed by atoms with van der Waals surface area (Å²) in [5.74, 6) is -2.14. The normalized spacial score (nSPS) is 19.7. The first kappa shape index (κ1) is 37.1. The van der Waals surface area contributed by atoms with Crippen LogP contribution in [0.5, 0.6) is 0 Å². The second-order valence-corrected chi connectivity index (χ2v) is 11.6. The first-order chi connectivity index (χ1) is 22.2. The van der Waals surface area contributed by atoms with E-state index in [1.54, 1.807) is 0 Å². The van der Waals surface area contributed by atoms with Crippen LogP contribution in [0.2, 0.25) is 0 Å². The fourth-order valence-corrected chi connectivity index (χ4v) is 7.18. The predicted octanol–water partition coefficient (Wildman–Crippen LogP) is 12.6. The van der Waals surface area contributed by atoms with Crippen molar-refractivity contribution in [1.29, 1.82) is 0 Å². The summed E-state index contributed by atoms with van der Waals surface area (Å²) >= 11 is 0. The first-order valence-corrected chi connectivity index (χ1v) is 15.3. The number of rotatable bonds is 7. The molecule has 3 aromatic rings. The lowest BCUT2D eigenvalue weighted by molar-refractivity contribution is -0.185. The van der Waals surface area contributed by atoms with Gasteiger partial charge in [0.05, 0.1) is 16.7 Å². The molecule has 0 fully saturated rings. The van der Waals surface area contributed by atoms with Gasteiger partial charge in [0, 0.05) is 5.92 Å². The van der Waals surface area contributed by atoms with Crippen molar-refractivity contribution in [2.75, 3.05) is 0 Å². The molecule has 2 unspecified atom stereocenters. The molecule has 1 aliphatic rings. The molecule has 260 valence electrons. The molecule has 0 spiro atoms. The highest BCUT2D eigenvalue weighted by molar-refractivity contribution is 6.06. The zero-order valence-electron chi connectivity index (χ0n) is 26.3. The standard InChI is InChI=1S/C36H32F12/c1-5-20-17-23(19-24(18-20)33(37,38)39)32(36(46,47)48)26(8-4)25(7-3)31(35(43,44)45)29(30(32)22-13-10-9-11-14-22)28-21(6-2)15-12-16-27(28)34(40,41)42/h9-19,26H,5-8H2,1-4H3. The number of halogens is 12. The Morgan fingerprint density at radius 1 is 0.625 bits per heavy atom. The van der Waals surface area contributed by atoms with Crippen LogP contribution >= 0.6 is 0 Å². The van der Waals surface area contributed by atoms with Crippen LogP contribution in [0.15, 0.2) is 77.9 Å². The van der Waals surface area contributed by atoms with Gasteiger partial charge in [0.2, 0.25) is 0 Å². The van der Waals surface area contributed by atoms with Crippen molar-refractivity contribution >= 4 is 11.1 Å². The molecule has 2 atom stereocenters. The van der Waals surface area contributed by atoms with Crippen LogP contribution in [0, 0.1) is 5.92 Å². The first-order valence-electron chi connectivity index (χ1n) is 15.3. The van der Waals surface area contributed by atoms with Gasteiger partial charge in [-0.2, -0.15) is 52.7 Å². The fourth-order valence-electron chi connectivity index (χ4n) is 7.18. The van der Waals surface area contributed by atoms with Gasteiger partial charge in [-0.15, -0.1) is 0 Å². The molecular formula is C36H32F12. The molecule has 12 heteroatoms. The third-order valence-electron chi connectivity index (χ3n) is 9.01. The Kier molecular flexibility index (Phi) is 10.0. The minimum atomic E-state index is -5.61. The second kappa shape index (κ2) is 13.0. The number of benzene rings is 3. The number of alkyl halides is 12. The lowest BCUT2D eigenvalue weighted by Crippen LogP contribution is -2.53. The third-order valence-corrected chi connectivity index (χ3v) is 9.01. The van der Waals surface area contributed by atoms with Crippen molar-refractivity contribution in [2.45, 2.75) is 83.5 Å². The van der Waals surface area contributed by atoms with E-state index >= 15 is 26.3 Å². The van der Waals surface area contributed by atoms with Gasteiger partial charge in [-0.25, -0.2) is 0 Å². The molecule has 4 rings (SSSR count). The van der Waals surface area contributed by atoms with Crippen LogP contribution in [0.1, 0.15) is 79.5 Å². The number of hydrogen-bond donors (Lipinski definition) is 0. The molecule has 0 nitrogen and oxygen atoms in total. The number of aryl methyl sites for hydroxylation is 2. The van der Waals surface area contributed by atoms with E-state index in [2.05, 4.69) is 0 Å². The zero-order chi connectivity index (χ0) is 36.0. The van der Waals surface area contributed by atoms with E-state index in [1.165, 1.54) is 39.0 Å². The minimum Gasteiger partial charge on any atom is -0.170 e. The van der Waals surface area contributed by atoms with E-state index in [-0.39, 0.29) is 30.0 Å². The van der Waals surface area contributed by atoms with Crippen molar-refractivity contribution in [3.05, 3.63) is 117 Å². The average Bonchev–Trinajstić information content (AvgIpc) is 3.00. The van der Waals surface area contributed by atoms with E-state index in [4.69, 9.17) is 0 Å². The summed E-state index contributed by atoms with van der Waals surface area (Å²) in [7, 11) is 0. The Bertz CT molecular complexity index is 1700. The maximum absolute atomic E-state index is 16.4. The number of allylic oxidation sites excluding steroid dienone is 4. The SMILES string of the molecule is CCC1=C(C(F)(F)F)C(c2c(CC)cccc2C(F)(F)F)=C(c2ccccc2)C(c2cc(CC)cc(C(F)(F)F)c2)(C(F)(F)F)C1CC. The highest BCUT2D eigenvalue weighted by atomic mass is 19.4. The molecule has 1 aliphatic carbocycles. The topological polar surface area (TPSA) is 0 Å². The van der Waals surface area contributed by atoms with E-state index in [9.17, 15) is 26.3 Å². The quantitative estimate of drug-likeness (QED) is 0.216. The maximum Gasteiger partial charge on any atom is 0.417 e. The van der Waals surface area contributed by atoms with Crippen LogP contribution in [-0.2, 0) is 30.6 Å². The molecular weight excluding hydrogens is 660 g/mol. The van der Waals surface area contributed by atoms with Crippen LogP contribution in [0.25, 0.3) is 11.1 Å². The lowest BCUT2D eigenvalue weighted by Gasteiger charge is -2.50. The molecule has 0 amide bonds. The highest BCUT2D eigenvalue weighted by Gasteiger charge is 2.67. The summed E-state index contributed by atoms with van der Waals surface area (Å²) in [5, 5.41) is 0. The van der Waals surface area contributed by atoms with Crippen LogP contribution < -0.4 is 0 Å². The summed E-state index contributed by atoms with van der Waals surface area (Å²) in [6.07, 6.45) is -23.3. The van der Waals surface area contributed by atoms with E-state index < -0.39 is 99.0 Å². The van der Waals surface area contributed by atoms with E-state index in [0.717, 1.165) is 37.3 Å². The molecule has 0 saturated heterocycles. The Hall–Kier alpha value is -3.70. The molecule has 0 N–H and O–H groups in total.